The molecule has 2 aliphatic rings. The summed E-state index contributed by atoms with van der Waals surface area (Å²) in [6.07, 6.45) is 6.21. The summed E-state index contributed by atoms with van der Waals surface area (Å²) >= 11 is 0. The molecule has 0 aliphatic carbocycles. The molecule has 2 saturated heterocycles. The third-order valence-electron chi connectivity index (χ3n) is 5.12. The van der Waals surface area contributed by atoms with Crippen LogP contribution in [0.1, 0.15) is 52.0 Å². The fraction of sp³-hybridized carbons (Fsp3) is 0.688. The Hall–Kier alpha value is -0.905. The molecule has 2 fully saturated rings. The molecule has 0 aromatic carbocycles. The molecular weight excluding hydrogens is 263 g/mol. The first-order valence-electron chi connectivity index (χ1n) is 7.90. The van der Waals surface area contributed by atoms with E-state index in [0.717, 1.165) is 18.6 Å². The number of pyridine rings is 1. The SMILES string of the molecule is CC1(C)OB(c2cncc(C3CCNCC3)c2)OC1(C)C. The van der Waals surface area contributed by atoms with Crippen molar-refractivity contribution in [1.82, 2.24) is 10.3 Å². The van der Waals surface area contributed by atoms with Gasteiger partial charge >= 0.3 is 7.12 Å². The summed E-state index contributed by atoms with van der Waals surface area (Å²) < 4.78 is 12.2. The van der Waals surface area contributed by atoms with Gasteiger partial charge in [-0.3, -0.25) is 4.98 Å². The van der Waals surface area contributed by atoms with E-state index in [0.29, 0.717) is 5.92 Å². The average molecular weight is 288 g/mol. The molecule has 1 aromatic rings. The standard InChI is InChI=1S/C16H25BN2O2/c1-15(2)16(3,4)21-17(20-15)14-9-13(10-19-11-14)12-5-7-18-8-6-12/h9-12,18H,5-8H2,1-4H3. The number of nitrogens with zero attached hydrogens (tertiary/aromatic N) is 1. The molecular formula is C16H25BN2O2. The van der Waals surface area contributed by atoms with Crippen LogP contribution >= 0.6 is 0 Å². The Morgan fingerprint density at radius 1 is 1.10 bits per heavy atom. The third kappa shape index (κ3) is 2.87. The molecule has 0 radical (unpaired) electrons. The van der Waals surface area contributed by atoms with E-state index in [1.807, 2.05) is 12.4 Å². The second-order valence-electron chi connectivity index (χ2n) is 7.16. The van der Waals surface area contributed by atoms with Crippen LogP contribution < -0.4 is 10.8 Å². The largest absolute Gasteiger partial charge is 0.496 e. The van der Waals surface area contributed by atoms with Crippen LogP contribution in [0.25, 0.3) is 0 Å². The van der Waals surface area contributed by atoms with E-state index in [4.69, 9.17) is 9.31 Å². The van der Waals surface area contributed by atoms with E-state index < -0.39 is 0 Å². The lowest BCUT2D eigenvalue weighted by Crippen LogP contribution is -2.41. The van der Waals surface area contributed by atoms with Gasteiger partial charge in [-0.15, -0.1) is 0 Å². The van der Waals surface area contributed by atoms with Crippen molar-refractivity contribution < 1.29 is 9.31 Å². The lowest BCUT2D eigenvalue weighted by atomic mass is 9.78. The van der Waals surface area contributed by atoms with Crippen molar-refractivity contribution in [3.8, 4) is 0 Å². The fourth-order valence-electron chi connectivity index (χ4n) is 2.96. The molecule has 5 heteroatoms. The summed E-state index contributed by atoms with van der Waals surface area (Å²) in [4.78, 5) is 4.42. The molecule has 0 saturated carbocycles. The highest BCUT2D eigenvalue weighted by Crippen LogP contribution is 2.36. The van der Waals surface area contributed by atoms with Crippen LogP contribution in [0, 0.1) is 0 Å². The van der Waals surface area contributed by atoms with E-state index in [9.17, 15) is 0 Å². The normalized spacial score (nSPS) is 25.2. The highest BCUT2D eigenvalue weighted by molar-refractivity contribution is 6.62. The number of nitrogens with one attached hydrogen (secondary N) is 1. The summed E-state index contributed by atoms with van der Waals surface area (Å²) in [7, 11) is -0.316. The van der Waals surface area contributed by atoms with Gasteiger partial charge in [-0.05, 0) is 65.1 Å². The molecule has 1 aromatic heterocycles. The minimum Gasteiger partial charge on any atom is -0.399 e. The van der Waals surface area contributed by atoms with Gasteiger partial charge in [0.25, 0.3) is 0 Å². The zero-order chi connectivity index (χ0) is 15.1. The molecule has 3 heterocycles. The van der Waals surface area contributed by atoms with Crippen molar-refractivity contribution in [3.63, 3.8) is 0 Å². The average Bonchev–Trinajstić information content (AvgIpc) is 2.69. The van der Waals surface area contributed by atoms with Crippen LogP contribution in [0.4, 0.5) is 0 Å². The van der Waals surface area contributed by atoms with Gasteiger partial charge in [0.15, 0.2) is 0 Å². The van der Waals surface area contributed by atoms with Gasteiger partial charge in [0.2, 0.25) is 0 Å². The predicted octanol–water partition coefficient (Wildman–Crippen LogP) is 1.85. The van der Waals surface area contributed by atoms with E-state index in [1.165, 1.54) is 18.4 Å². The van der Waals surface area contributed by atoms with Crippen molar-refractivity contribution in [3.05, 3.63) is 24.0 Å². The number of rotatable bonds is 2. The van der Waals surface area contributed by atoms with Gasteiger partial charge in [0.1, 0.15) is 0 Å². The Morgan fingerprint density at radius 2 is 1.71 bits per heavy atom. The smallest absolute Gasteiger partial charge is 0.399 e. The van der Waals surface area contributed by atoms with Gasteiger partial charge in [-0.25, -0.2) is 0 Å². The van der Waals surface area contributed by atoms with Crippen molar-refractivity contribution in [2.75, 3.05) is 13.1 Å². The molecule has 114 valence electrons. The van der Waals surface area contributed by atoms with Crippen LogP contribution in [0.3, 0.4) is 0 Å². The highest BCUT2D eigenvalue weighted by Gasteiger charge is 2.51. The Bertz CT molecular complexity index is 497. The van der Waals surface area contributed by atoms with Crippen LogP contribution in [-0.4, -0.2) is 36.4 Å². The molecule has 0 atom stereocenters. The van der Waals surface area contributed by atoms with Gasteiger partial charge in [0.05, 0.1) is 11.2 Å². The lowest BCUT2D eigenvalue weighted by molar-refractivity contribution is 0.00578. The number of piperidine rings is 1. The minimum absolute atomic E-state index is 0.303. The van der Waals surface area contributed by atoms with Crippen molar-refractivity contribution >= 4 is 12.6 Å². The van der Waals surface area contributed by atoms with E-state index in [2.05, 4.69) is 44.1 Å². The van der Waals surface area contributed by atoms with Crippen LogP contribution in [0.2, 0.25) is 0 Å². The van der Waals surface area contributed by atoms with Crippen molar-refractivity contribution in [1.29, 1.82) is 0 Å². The maximum absolute atomic E-state index is 6.12. The summed E-state index contributed by atoms with van der Waals surface area (Å²) in [6, 6.07) is 2.21. The molecule has 0 spiro atoms. The molecule has 0 amide bonds. The monoisotopic (exact) mass is 288 g/mol. The Kier molecular flexibility index (Phi) is 3.84. The third-order valence-corrected chi connectivity index (χ3v) is 5.12. The quantitative estimate of drug-likeness (QED) is 0.843. The Balaban J connectivity index is 1.81. The Morgan fingerprint density at radius 3 is 2.33 bits per heavy atom. The summed E-state index contributed by atoms with van der Waals surface area (Å²) in [5.41, 5.74) is 1.73. The second-order valence-corrected chi connectivity index (χ2v) is 7.16. The van der Waals surface area contributed by atoms with E-state index in [1.54, 1.807) is 0 Å². The molecule has 4 nitrogen and oxygen atoms in total. The van der Waals surface area contributed by atoms with E-state index >= 15 is 0 Å². The van der Waals surface area contributed by atoms with E-state index in [-0.39, 0.29) is 18.3 Å². The second kappa shape index (κ2) is 5.38. The molecule has 0 unspecified atom stereocenters. The van der Waals surface area contributed by atoms with Crippen molar-refractivity contribution in [2.45, 2.75) is 57.7 Å². The maximum atomic E-state index is 6.12. The van der Waals surface area contributed by atoms with Crippen molar-refractivity contribution in [2.24, 2.45) is 0 Å². The zero-order valence-corrected chi connectivity index (χ0v) is 13.5. The number of aromatic nitrogens is 1. The first-order chi connectivity index (χ1) is 9.89. The first-order valence-corrected chi connectivity index (χ1v) is 7.90. The maximum Gasteiger partial charge on any atom is 0.496 e. The van der Waals surface area contributed by atoms with Gasteiger partial charge in [0, 0.05) is 17.9 Å². The molecule has 21 heavy (non-hydrogen) atoms. The van der Waals surface area contributed by atoms with Crippen LogP contribution in [0.5, 0.6) is 0 Å². The lowest BCUT2D eigenvalue weighted by Gasteiger charge is -2.32. The number of hydrogen-bond donors (Lipinski definition) is 1. The highest BCUT2D eigenvalue weighted by atomic mass is 16.7. The predicted molar refractivity (Wildman–Crippen MR) is 84.8 cm³/mol. The molecule has 3 rings (SSSR count). The van der Waals surface area contributed by atoms with Crippen LogP contribution in [0.15, 0.2) is 18.5 Å². The zero-order valence-electron chi connectivity index (χ0n) is 13.5. The molecule has 0 bridgehead atoms. The fourth-order valence-corrected chi connectivity index (χ4v) is 2.96. The van der Waals surface area contributed by atoms with Gasteiger partial charge < -0.3 is 14.6 Å². The van der Waals surface area contributed by atoms with Gasteiger partial charge in [-0.2, -0.15) is 0 Å². The minimum atomic E-state index is -0.316. The summed E-state index contributed by atoms with van der Waals surface area (Å²) in [5.74, 6) is 0.598. The number of hydrogen-bond acceptors (Lipinski definition) is 4. The summed E-state index contributed by atoms with van der Waals surface area (Å²) in [5, 5.41) is 3.41. The first kappa shape index (κ1) is 15.0. The topological polar surface area (TPSA) is 43.4 Å². The summed E-state index contributed by atoms with van der Waals surface area (Å²) in [6.45, 7) is 10.5. The van der Waals surface area contributed by atoms with Crippen LogP contribution in [-0.2, 0) is 9.31 Å². The molecule has 1 N–H and O–H groups in total. The van der Waals surface area contributed by atoms with Gasteiger partial charge in [-0.1, -0.05) is 6.07 Å². The Labute approximate surface area is 127 Å². The molecule has 2 aliphatic heterocycles.